The Morgan fingerprint density at radius 1 is 1.30 bits per heavy atom. The van der Waals surface area contributed by atoms with E-state index in [1.165, 1.54) is 24.5 Å². The Bertz CT molecular complexity index is 636. The molecule has 0 radical (unpaired) electrons. The minimum absolute atomic E-state index is 0.0421. The first kappa shape index (κ1) is 14.4. The summed E-state index contributed by atoms with van der Waals surface area (Å²) in [6, 6.07) is 5.90. The van der Waals surface area contributed by atoms with Crippen LogP contribution in [0.5, 0.6) is 17.5 Å². The smallest absolute Gasteiger partial charge is 0.273 e. The Hall–Kier alpha value is -1.97. The van der Waals surface area contributed by atoms with Gasteiger partial charge in [0.2, 0.25) is 11.8 Å². The number of nitrogens with zero attached hydrogens (tertiary/aromatic N) is 3. The number of nitro benzene ring substituents is 1. The molecule has 7 nitrogen and oxygen atoms in total. The average Bonchev–Trinajstić information content (AvgIpc) is 2.42. The van der Waals surface area contributed by atoms with E-state index in [9.17, 15) is 10.1 Å². The van der Waals surface area contributed by atoms with Gasteiger partial charge in [-0.3, -0.25) is 10.1 Å². The zero-order valence-corrected chi connectivity index (χ0v) is 12.6. The summed E-state index contributed by atoms with van der Waals surface area (Å²) in [5.41, 5.74) is -0.0421. The van der Waals surface area contributed by atoms with Crippen molar-refractivity contribution in [1.82, 2.24) is 9.97 Å². The van der Waals surface area contributed by atoms with Gasteiger partial charge in [0.05, 0.1) is 27.2 Å². The first-order valence-electron chi connectivity index (χ1n) is 5.66. The Morgan fingerprint density at radius 2 is 2.05 bits per heavy atom. The van der Waals surface area contributed by atoms with Gasteiger partial charge in [0, 0.05) is 6.07 Å². The molecule has 1 heterocycles. The van der Waals surface area contributed by atoms with E-state index >= 15 is 0 Å². The molecule has 0 amide bonds. The maximum absolute atomic E-state index is 10.8. The molecule has 2 rings (SSSR count). The molecule has 0 bridgehead atoms. The van der Waals surface area contributed by atoms with Crippen LogP contribution in [-0.2, 0) is 0 Å². The highest BCUT2D eigenvalue weighted by atomic mass is 127. The fourth-order valence-corrected chi connectivity index (χ4v) is 1.85. The largest absolute Gasteiger partial charge is 0.478 e. The standard InChI is InChI=1S/C12H10IN3O4/c1-2-19-11-6-12(15-7-14-11)20-10-5-8(16(17)18)3-4-9(10)13/h3-7H,2H2,1H3. The van der Waals surface area contributed by atoms with E-state index in [0.29, 0.717) is 18.2 Å². The maximum atomic E-state index is 10.8. The summed E-state index contributed by atoms with van der Waals surface area (Å²) in [7, 11) is 0. The topological polar surface area (TPSA) is 87.4 Å². The Labute approximate surface area is 128 Å². The number of aromatic nitrogens is 2. The van der Waals surface area contributed by atoms with E-state index in [1.807, 2.05) is 29.5 Å². The van der Waals surface area contributed by atoms with Gasteiger partial charge in [0.25, 0.3) is 5.69 Å². The first-order valence-corrected chi connectivity index (χ1v) is 6.74. The van der Waals surface area contributed by atoms with Crippen molar-refractivity contribution in [3.63, 3.8) is 0 Å². The highest BCUT2D eigenvalue weighted by Crippen LogP contribution is 2.30. The molecule has 0 spiro atoms. The Morgan fingerprint density at radius 3 is 2.75 bits per heavy atom. The zero-order valence-electron chi connectivity index (χ0n) is 10.4. The molecule has 104 valence electrons. The SMILES string of the molecule is CCOc1cc(Oc2cc([N+](=O)[O-])ccc2I)ncn1. The van der Waals surface area contributed by atoms with Crippen molar-refractivity contribution in [1.29, 1.82) is 0 Å². The van der Waals surface area contributed by atoms with E-state index in [4.69, 9.17) is 9.47 Å². The molecule has 1 aromatic carbocycles. The van der Waals surface area contributed by atoms with Gasteiger partial charge in [-0.25, -0.2) is 9.97 Å². The molecule has 0 saturated carbocycles. The van der Waals surface area contributed by atoms with Crippen LogP contribution in [-0.4, -0.2) is 21.5 Å². The third-order valence-corrected chi connectivity index (χ3v) is 3.14. The molecule has 0 saturated heterocycles. The van der Waals surface area contributed by atoms with Crippen molar-refractivity contribution < 1.29 is 14.4 Å². The summed E-state index contributed by atoms with van der Waals surface area (Å²) in [5.74, 6) is 1.01. The molecule has 1 aromatic heterocycles. The highest BCUT2D eigenvalue weighted by molar-refractivity contribution is 14.1. The lowest BCUT2D eigenvalue weighted by Gasteiger charge is -2.07. The van der Waals surface area contributed by atoms with Crippen molar-refractivity contribution in [3.8, 4) is 17.5 Å². The lowest BCUT2D eigenvalue weighted by molar-refractivity contribution is -0.384. The normalized spacial score (nSPS) is 10.1. The lowest BCUT2D eigenvalue weighted by atomic mass is 10.3. The summed E-state index contributed by atoms with van der Waals surface area (Å²) in [6.45, 7) is 2.32. The molecule has 0 atom stereocenters. The fourth-order valence-electron chi connectivity index (χ4n) is 1.40. The second kappa shape index (κ2) is 6.46. The Balaban J connectivity index is 2.27. The number of nitro groups is 1. The number of ether oxygens (including phenoxy) is 2. The minimum Gasteiger partial charge on any atom is -0.478 e. The van der Waals surface area contributed by atoms with Gasteiger partial charge in [-0.15, -0.1) is 0 Å². The third kappa shape index (κ3) is 3.53. The quantitative estimate of drug-likeness (QED) is 0.445. The molecule has 0 unspecified atom stereocenters. The van der Waals surface area contributed by atoms with Crippen molar-refractivity contribution in [2.24, 2.45) is 0 Å². The van der Waals surface area contributed by atoms with Crippen LogP contribution in [0.3, 0.4) is 0 Å². The summed E-state index contributed by atoms with van der Waals surface area (Å²) < 4.78 is 11.5. The number of rotatable bonds is 5. The number of non-ortho nitro benzene ring substituents is 1. The monoisotopic (exact) mass is 387 g/mol. The molecule has 0 fully saturated rings. The van der Waals surface area contributed by atoms with Crippen LogP contribution in [0.25, 0.3) is 0 Å². The van der Waals surface area contributed by atoms with Crippen molar-refractivity contribution in [3.05, 3.63) is 44.3 Å². The zero-order chi connectivity index (χ0) is 14.5. The van der Waals surface area contributed by atoms with Crippen LogP contribution in [0.2, 0.25) is 0 Å². The van der Waals surface area contributed by atoms with Gasteiger partial charge in [0.15, 0.2) is 0 Å². The highest BCUT2D eigenvalue weighted by Gasteiger charge is 2.12. The number of hydrogen-bond donors (Lipinski definition) is 0. The molecular weight excluding hydrogens is 377 g/mol. The van der Waals surface area contributed by atoms with Crippen molar-refractivity contribution >= 4 is 28.3 Å². The second-order valence-electron chi connectivity index (χ2n) is 3.60. The molecule has 0 aliphatic heterocycles. The van der Waals surface area contributed by atoms with Gasteiger partial charge < -0.3 is 9.47 Å². The average molecular weight is 387 g/mol. The van der Waals surface area contributed by atoms with Gasteiger partial charge in [-0.2, -0.15) is 0 Å². The van der Waals surface area contributed by atoms with E-state index in [-0.39, 0.29) is 11.6 Å². The van der Waals surface area contributed by atoms with Crippen LogP contribution in [0.1, 0.15) is 6.92 Å². The number of benzene rings is 1. The maximum Gasteiger partial charge on any atom is 0.273 e. The second-order valence-corrected chi connectivity index (χ2v) is 4.76. The molecule has 0 aliphatic carbocycles. The molecule has 8 heteroatoms. The molecule has 0 aliphatic rings. The van der Waals surface area contributed by atoms with Crippen LogP contribution in [0.4, 0.5) is 5.69 Å². The van der Waals surface area contributed by atoms with E-state index in [2.05, 4.69) is 9.97 Å². The van der Waals surface area contributed by atoms with E-state index < -0.39 is 4.92 Å². The van der Waals surface area contributed by atoms with E-state index in [0.717, 1.165) is 3.57 Å². The van der Waals surface area contributed by atoms with Gasteiger partial charge >= 0.3 is 0 Å². The summed E-state index contributed by atoms with van der Waals surface area (Å²) in [6.07, 6.45) is 1.31. The van der Waals surface area contributed by atoms with Gasteiger partial charge in [-0.05, 0) is 35.6 Å². The molecule has 2 aromatic rings. The van der Waals surface area contributed by atoms with Gasteiger partial charge in [-0.1, -0.05) is 0 Å². The summed E-state index contributed by atoms with van der Waals surface area (Å²) in [5, 5.41) is 10.8. The van der Waals surface area contributed by atoms with Crippen LogP contribution >= 0.6 is 22.6 Å². The van der Waals surface area contributed by atoms with Crippen LogP contribution in [0, 0.1) is 13.7 Å². The third-order valence-electron chi connectivity index (χ3n) is 2.25. The molecular formula is C12H10IN3O4. The summed E-state index contributed by atoms with van der Waals surface area (Å²) >= 11 is 2.03. The predicted molar refractivity (Wildman–Crippen MR) is 79.1 cm³/mol. The molecule has 0 N–H and O–H groups in total. The molecule has 20 heavy (non-hydrogen) atoms. The number of hydrogen-bond acceptors (Lipinski definition) is 6. The van der Waals surface area contributed by atoms with Gasteiger partial charge in [0.1, 0.15) is 12.1 Å². The van der Waals surface area contributed by atoms with Crippen molar-refractivity contribution in [2.45, 2.75) is 6.92 Å². The predicted octanol–water partition coefficient (Wildman–Crippen LogP) is 3.18. The lowest BCUT2D eigenvalue weighted by Crippen LogP contribution is -1.97. The minimum atomic E-state index is -0.478. The Kier molecular flexibility index (Phi) is 4.66. The number of halogens is 1. The summed E-state index contributed by atoms with van der Waals surface area (Å²) in [4.78, 5) is 18.1. The van der Waals surface area contributed by atoms with Crippen LogP contribution < -0.4 is 9.47 Å². The fraction of sp³-hybridized carbons (Fsp3) is 0.167. The van der Waals surface area contributed by atoms with E-state index in [1.54, 1.807) is 6.07 Å². The van der Waals surface area contributed by atoms with Crippen LogP contribution in [0.15, 0.2) is 30.6 Å². The van der Waals surface area contributed by atoms with Crippen molar-refractivity contribution in [2.75, 3.05) is 6.61 Å². The first-order chi connectivity index (χ1) is 9.60.